The highest BCUT2D eigenvalue weighted by molar-refractivity contribution is 7.26. The number of thiophene rings is 1. The van der Waals surface area contributed by atoms with Crippen LogP contribution in [0, 0.1) is 0 Å². The van der Waals surface area contributed by atoms with Crippen molar-refractivity contribution in [1.29, 1.82) is 0 Å². The fourth-order valence-corrected chi connectivity index (χ4v) is 9.88. The lowest BCUT2D eigenvalue weighted by Crippen LogP contribution is -2.11. The Bertz CT molecular complexity index is 3230. The third-order valence-electron chi connectivity index (χ3n) is 11.3. The van der Waals surface area contributed by atoms with Gasteiger partial charge in [0.15, 0.2) is 0 Å². The van der Waals surface area contributed by atoms with Crippen LogP contribution in [0.15, 0.2) is 212 Å². The van der Waals surface area contributed by atoms with Crippen molar-refractivity contribution in [2.24, 2.45) is 0 Å². The molecule has 0 fully saturated rings. The summed E-state index contributed by atoms with van der Waals surface area (Å²) in [6.45, 7) is 0. The smallest absolute Gasteiger partial charge is 0.0540 e. The summed E-state index contributed by atoms with van der Waals surface area (Å²) < 4.78 is 2.65. The minimum atomic E-state index is 1.11. The number of rotatable bonds is 6. The molecule has 2 heteroatoms. The van der Waals surface area contributed by atoms with E-state index >= 15 is 0 Å². The van der Waals surface area contributed by atoms with Gasteiger partial charge in [0.05, 0.1) is 5.69 Å². The Balaban J connectivity index is 1.04. The number of para-hydroxylation sites is 1. The van der Waals surface area contributed by atoms with Crippen molar-refractivity contribution in [3.63, 3.8) is 0 Å². The van der Waals surface area contributed by atoms with Crippen molar-refractivity contribution in [3.05, 3.63) is 212 Å². The Kier molecular flexibility index (Phi) is 7.75. The molecule has 11 aromatic rings. The van der Waals surface area contributed by atoms with Crippen LogP contribution in [0.2, 0.25) is 0 Å². The summed E-state index contributed by atoms with van der Waals surface area (Å²) in [4.78, 5) is 2.40. The maximum atomic E-state index is 2.40. The normalized spacial score (nSPS) is 11.6. The quantitative estimate of drug-likeness (QED) is 0.154. The molecular formula is C54H35NS. The second-order valence-corrected chi connectivity index (χ2v) is 15.5. The molecular weight excluding hydrogens is 695 g/mol. The number of benzene rings is 10. The lowest BCUT2D eigenvalue weighted by atomic mass is 9.93. The SMILES string of the molecule is c1ccc(-c2ccccc2N(c2ccc(-c3cc4ccccc4c4ccccc34)cc2)c2ccc(-c3cccc4c3sc3ccc5ccccc5c34)cc2)cc1. The van der Waals surface area contributed by atoms with Crippen LogP contribution < -0.4 is 4.90 Å². The Morgan fingerprint density at radius 3 is 1.64 bits per heavy atom. The molecule has 0 radical (unpaired) electrons. The zero-order valence-corrected chi connectivity index (χ0v) is 31.4. The van der Waals surface area contributed by atoms with Crippen LogP contribution in [0.4, 0.5) is 17.1 Å². The van der Waals surface area contributed by atoms with Gasteiger partial charge in [0.2, 0.25) is 0 Å². The van der Waals surface area contributed by atoms with Gasteiger partial charge in [-0.1, -0.05) is 170 Å². The van der Waals surface area contributed by atoms with Gasteiger partial charge in [-0.2, -0.15) is 0 Å². The highest BCUT2D eigenvalue weighted by atomic mass is 32.1. The maximum absolute atomic E-state index is 2.40. The molecule has 0 spiro atoms. The standard InChI is InChI=1S/C54H35NS/c1-2-13-36(14-3-1)44-18-10-11-24-51(44)55(42-32-27-39(28-33-42)50-35-40-16-5-6-17-43(40)47-20-8-9-21-48(47)50)41-30-25-38(26-31-41)46-22-12-23-49-53-45-19-7-4-15-37(45)29-34-52(53)56-54(46)49/h1-35H. The van der Waals surface area contributed by atoms with E-state index < -0.39 is 0 Å². The minimum Gasteiger partial charge on any atom is -0.310 e. The molecule has 0 atom stereocenters. The van der Waals surface area contributed by atoms with E-state index in [1.165, 1.54) is 85.9 Å². The van der Waals surface area contributed by atoms with Gasteiger partial charge in [-0.3, -0.25) is 0 Å². The third-order valence-corrected chi connectivity index (χ3v) is 12.5. The molecule has 10 aromatic carbocycles. The Morgan fingerprint density at radius 1 is 0.321 bits per heavy atom. The summed E-state index contributed by atoms with van der Waals surface area (Å²) in [7, 11) is 0. The van der Waals surface area contributed by atoms with E-state index in [9.17, 15) is 0 Å². The molecule has 0 aliphatic heterocycles. The van der Waals surface area contributed by atoms with Gasteiger partial charge in [-0.25, -0.2) is 0 Å². The Labute approximate surface area is 330 Å². The molecule has 0 aliphatic carbocycles. The fourth-order valence-electron chi connectivity index (χ4n) is 8.63. The van der Waals surface area contributed by atoms with Crippen LogP contribution in [-0.2, 0) is 0 Å². The molecule has 0 saturated heterocycles. The van der Waals surface area contributed by atoms with Crippen molar-refractivity contribution in [2.45, 2.75) is 0 Å². The van der Waals surface area contributed by atoms with Crippen LogP contribution in [0.1, 0.15) is 0 Å². The average molecular weight is 730 g/mol. The molecule has 0 aliphatic rings. The van der Waals surface area contributed by atoms with Crippen molar-refractivity contribution < 1.29 is 0 Å². The van der Waals surface area contributed by atoms with Crippen LogP contribution in [0.25, 0.3) is 85.9 Å². The summed E-state index contributed by atoms with van der Waals surface area (Å²) in [6, 6.07) is 77.6. The van der Waals surface area contributed by atoms with Crippen LogP contribution in [0.5, 0.6) is 0 Å². The molecule has 1 heterocycles. The number of fused-ring (bicyclic) bond motifs is 8. The number of anilines is 3. The largest absolute Gasteiger partial charge is 0.310 e. The van der Waals surface area contributed by atoms with E-state index in [4.69, 9.17) is 0 Å². The van der Waals surface area contributed by atoms with Crippen molar-refractivity contribution in [3.8, 4) is 33.4 Å². The van der Waals surface area contributed by atoms with Gasteiger partial charge in [0.1, 0.15) is 0 Å². The average Bonchev–Trinajstić information content (AvgIpc) is 3.67. The zero-order valence-electron chi connectivity index (χ0n) is 30.6. The first-order valence-corrected chi connectivity index (χ1v) is 20.0. The van der Waals surface area contributed by atoms with Gasteiger partial charge in [0.25, 0.3) is 0 Å². The molecule has 0 amide bonds. The summed E-state index contributed by atoms with van der Waals surface area (Å²) >= 11 is 1.89. The lowest BCUT2D eigenvalue weighted by Gasteiger charge is -2.28. The Morgan fingerprint density at radius 2 is 0.875 bits per heavy atom. The molecule has 0 bridgehead atoms. The summed E-state index contributed by atoms with van der Waals surface area (Å²) in [5.74, 6) is 0. The molecule has 1 aromatic heterocycles. The number of nitrogens with zero attached hydrogens (tertiary/aromatic N) is 1. The van der Waals surface area contributed by atoms with Gasteiger partial charge >= 0.3 is 0 Å². The highest BCUT2D eigenvalue weighted by Crippen LogP contribution is 2.45. The Hall–Kier alpha value is -7.00. The molecule has 0 saturated carbocycles. The lowest BCUT2D eigenvalue weighted by molar-refractivity contribution is 1.28. The molecule has 1 nitrogen and oxygen atoms in total. The van der Waals surface area contributed by atoms with Gasteiger partial charge < -0.3 is 4.90 Å². The van der Waals surface area contributed by atoms with E-state index in [1.54, 1.807) is 0 Å². The molecule has 0 unspecified atom stereocenters. The first-order chi connectivity index (χ1) is 27.8. The van der Waals surface area contributed by atoms with Crippen LogP contribution in [0.3, 0.4) is 0 Å². The van der Waals surface area contributed by atoms with Crippen LogP contribution in [-0.4, -0.2) is 0 Å². The molecule has 11 rings (SSSR count). The van der Waals surface area contributed by atoms with Gasteiger partial charge in [0, 0.05) is 37.1 Å². The van der Waals surface area contributed by atoms with E-state index in [2.05, 4.69) is 217 Å². The molecule has 56 heavy (non-hydrogen) atoms. The van der Waals surface area contributed by atoms with E-state index in [1.807, 2.05) is 11.3 Å². The van der Waals surface area contributed by atoms with Crippen LogP contribution >= 0.6 is 11.3 Å². The van der Waals surface area contributed by atoms with Crippen molar-refractivity contribution in [1.82, 2.24) is 0 Å². The molecule has 0 N–H and O–H groups in total. The maximum Gasteiger partial charge on any atom is 0.0540 e. The van der Waals surface area contributed by atoms with Gasteiger partial charge in [-0.15, -0.1) is 11.3 Å². The first-order valence-electron chi connectivity index (χ1n) is 19.2. The third kappa shape index (κ3) is 5.38. The minimum absolute atomic E-state index is 1.11. The number of hydrogen-bond donors (Lipinski definition) is 0. The summed E-state index contributed by atoms with van der Waals surface area (Å²) in [5.41, 5.74) is 10.6. The molecule has 262 valence electrons. The van der Waals surface area contributed by atoms with Gasteiger partial charge in [-0.05, 0) is 103 Å². The topological polar surface area (TPSA) is 3.24 Å². The monoisotopic (exact) mass is 729 g/mol. The zero-order chi connectivity index (χ0) is 37.0. The highest BCUT2D eigenvalue weighted by Gasteiger charge is 2.19. The number of hydrogen-bond acceptors (Lipinski definition) is 2. The second kappa shape index (κ2) is 13.4. The predicted molar refractivity (Wildman–Crippen MR) is 243 cm³/mol. The van der Waals surface area contributed by atoms with E-state index in [0.29, 0.717) is 0 Å². The first kappa shape index (κ1) is 32.4. The van der Waals surface area contributed by atoms with E-state index in [-0.39, 0.29) is 0 Å². The van der Waals surface area contributed by atoms with Crippen molar-refractivity contribution in [2.75, 3.05) is 4.90 Å². The summed E-state index contributed by atoms with van der Waals surface area (Å²) in [5, 5.41) is 10.4. The van der Waals surface area contributed by atoms with Crippen molar-refractivity contribution >= 4 is 80.9 Å². The second-order valence-electron chi connectivity index (χ2n) is 14.4. The predicted octanol–water partition coefficient (Wildman–Crippen LogP) is 16.0. The summed E-state index contributed by atoms with van der Waals surface area (Å²) in [6.07, 6.45) is 0. The fraction of sp³-hybridized carbons (Fsp3) is 0. The van der Waals surface area contributed by atoms with E-state index in [0.717, 1.165) is 17.1 Å².